The minimum Gasteiger partial charge on any atom is -0.315 e. The van der Waals surface area contributed by atoms with Crippen LogP contribution in [0.15, 0.2) is 17.3 Å². The Morgan fingerprint density at radius 3 is 2.84 bits per heavy atom. The first-order chi connectivity index (χ1) is 9.14. The molecule has 19 heavy (non-hydrogen) atoms. The zero-order valence-electron chi connectivity index (χ0n) is 11.1. The van der Waals surface area contributed by atoms with Gasteiger partial charge in [0.1, 0.15) is 4.90 Å². The van der Waals surface area contributed by atoms with Crippen molar-refractivity contribution in [1.82, 2.24) is 19.4 Å². The van der Waals surface area contributed by atoms with Crippen LogP contribution in [0.25, 0.3) is 0 Å². The molecular formula is C11H20N4O2S2. The van der Waals surface area contributed by atoms with E-state index < -0.39 is 10.0 Å². The summed E-state index contributed by atoms with van der Waals surface area (Å²) >= 11 is 1.79. The van der Waals surface area contributed by atoms with Gasteiger partial charge in [0.15, 0.2) is 0 Å². The fourth-order valence-corrected chi connectivity index (χ4v) is 4.44. The van der Waals surface area contributed by atoms with E-state index in [-0.39, 0.29) is 0 Å². The zero-order valence-corrected chi connectivity index (χ0v) is 12.7. The second kappa shape index (κ2) is 6.74. The molecule has 1 fully saturated rings. The van der Waals surface area contributed by atoms with Gasteiger partial charge in [0.2, 0.25) is 10.0 Å². The van der Waals surface area contributed by atoms with Crippen molar-refractivity contribution in [2.24, 2.45) is 0 Å². The van der Waals surface area contributed by atoms with Crippen LogP contribution in [0.2, 0.25) is 0 Å². The number of likely N-dealkylation sites (N-methyl/N-ethyl adjacent to an activating group) is 1. The van der Waals surface area contributed by atoms with E-state index in [9.17, 15) is 8.42 Å². The Balaban J connectivity index is 2.03. The number of nitrogens with zero attached hydrogens (tertiary/aromatic N) is 3. The second-order valence-electron chi connectivity index (χ2n) is 4.31. The number of sulfonamides is 1. The van der Waals surface area contributed by atoms with Gasteiger partial charge in [-0.15, -0.1) is 0 Å². The van der Waals surface area contributed by atoms with Crippen LogP contribution in [0, 0.1) is 0 Å². The first kappa shape index (κ1) is 14.8. The minimum absolute atomic E-state index is 0.302. The smallest absolute Gasteiger partial charge is 0.246 e. The summed E-state index contributed by atoms with van der Waals surface area (Å²) in [7, 11) is -3.36. The third kappa shape index (κ3) is 3.71. The van der Waals surface area contributed by atoms with E-state index in [1.807, 2.05) is 6.92 Å². The molecule has 108 valence electrons. The summed E-state index contributed by atoms with van der Waals surface area (Å²) in [5.74, 6) is 1.74. The number of aromatic nitrogens is 2. The molecule has 1 saturated heterocycles. The lowest BCUT2D eigenvalue weighted by atomic mass is 10.6. The molecule has 2 rings (SSSR count). The van der Waals surface area contributed by atoms with E-state index in [0.717, 1.165) is 24.6 Å². The average Bonchev–Trinajstić information content (AvgIpc) is 2.90. The highest BCUT2D eigenvalue weighted by atomic mass is 32.2. The van der Waals surface area contributed by atoms with Gasteiger partial charge >= 0.3 is 0 Å². The van der Waals surface area contributed by atoms with Crippen LogP contribution >= 0.6 is 11.8 Å². The highest BCUT2D eigenvalue weighted by Crippen LogP contribution is 2.19. The lowest BCUT2D eigenvalue weighted by Gasteiger charge is -2.24. The molecule has 1 N–H and O–H groups in total. The van der Waals surface area contributed by atoms with E-state index in [1.54, 1.807) is 26.9 Å². The SMILES string of the molecule is CCNCCn1cc(S(=O)(=O)N2CCSCC2)cn1. The molecule has 6 nitrogen and oxygen atoms in total. The van der Waals surface area contributed by atoms with E-state index >= 15 is 0 Å². The van der Waals surface area contributed by atoms with Crippen molar-refractivity contribution in [2.75, 3.05) is 37.7 Å². The topological polar surface area (TPSA) is 67.2 Å². The molecule has 1 aromatic rings. The molecule has 0 bridgehead atoms. The molecule has 0 unspecified atom stereocenters. The average molecular weight is 304 g/mol. The number of thioether (sulfide) groups is 1. The van der Waals surface area contributed by atoms with Crippen LogP contribution in [-0.2, 0) is 16.6 Å². The third-order valence-corrected chi connectivity index (χ3v) is 5.78. The fourth-order valence-electron chi connectivity index (χ4n) is 1.91. The first-order valence-corrected chi connectivity index (χ1v) is 9.05. The van der Waals surface area contributed by atoms with E-state index in [1.165, 1.54) is 6.20 Å². The van der Waals surface area contributed by atoms with Gasteiger partial charge in [0.05, 0.1) is 12.7 Å². The Labute approximate surface area is 118 Å². The van der Waals surface area contributed by atoms with Crippen LogP contribution in [0.4, 0.5) is 0 Å². The number of rotatable bonds is 6. The molecule has 0 radical (unpaired) electrons. The van der Waals surface area contributed by atoms with Crippen molar-refractivity contribution in [3.63, 3.8) is 0 Å². The molecule has 0 saturated carbocycles. The lowest BCUT2D eigenvalue weighted by molar-refractivity contribution is 0.443. The van der Waals surface area contributed by atoms with Crippen LogP contribution in [0.5, 0.6) is 0 Å². The molecule has 1 aliphatic rings. The first-order valence-electron chi connectivity index (χ1n) is 6.45. The molecule has 0 amide bonds. The third-order valence-electron chi connectivity index (χ3n) is 2.99. The Kier molecular flexibility index (Phi) is 5.26. The molecule has 0 aromatic carbocycles. The van der Waals surface area contributed by atoms with Gasteiger partial charge in [0.25, 0.3) is 0 Å². The molecule has 2 heterocycles. The maximum Gasteiger partial charge on any atom is 0.246 e. The number of nitrogens with one attached hydrogen (secondary N) is 1. The quantitative estimate of drug-likeness (QED) is 0.762. The molecule has 8 heteroatoms. The van der Waals surface area contributed by atoms with Gasteiger partial charge in [-0.2, -0.15) is 21.2 Å². The largest absolute Gasteiger partial charge is 0.315 e. The lowest BCUT2D eigenvalue weighted by Crippen LogP contribution is -2.37. The molecular weight excluding hydrogens is 284 g/mol. The molecule has 1 aliphatic heterocycles. The maximum absolute atomic E-state index is 12.4. The van der Waals surface area contributed by atoms with Crippen molar-refractivity contribution in [3.8, 4) is 0 Å². The maximum atomic E-state index is 12.4. The Morgan fingerprint density at radius 1 is 1.42 bits per heavy atom. The normalized spacial score (nSPS) is 17.7. The zero-order chi connectivity index (χ0) is 13.7. The van der Waals surface area contributed by atoms with Gasteiger partial charge in [0, 0.05) is 37.3 Å². The van der Waals surface area contributed by atoms with E-state index in [0.29, 0.717) is 24.5 Å². The number of hydrogen-bond acceptors (Lipinski definition) is 5. The summed E-state index contributed by atoms with van der Waals surface area (Å²) in [5.41, 5.74) is 0. The summed E-state index contributed by atoms with van der Waals surface area (Å²) in [4.78, 5) is 0.302. The van der Waals surface area contributed by atoms with Crippen molar-refractivity contribution < 1.29 is 8.42 Å². The van der Waals surface area contributed by atoms with Gasteiger partial charge in [-0.25, -0.2) is 8.42 Å². The van der Waals surface area contributed by atoms with Crippen LogP contribution in [0.3, 0.4) is 0 Å². The Morgan fingerprint density at radius 2 is 2.16 bits per heavy atom. The van der Waals surface area contributed by atoms with Gasteiger partial charge in [-0.3, -0.25) is 4.68 Å². The van der Waals surface area contributed by atoms with Gasteiger partial charge in [-0.1, -0.05) is 6.92 Å². The predicted octanol–water partition coefficient (Wildman–Crippen LogP) is 0.230. The van der Waals surface area contributed by atoms with Crippen molar-refractivity contribution in [1.29, 1.82) is 0 Å². The summed E-state index contributed by atoms with van der Waals surface area (Å²) < 4.78 is 28.0. The van der Waals surface area contributed by atoms with Crippen molar-refractivity contribution in [2.45, 2.75) is 18.4 Å². The summed E-state index contributed by atoms with van der Waals surface area (Å²) in [6, 6.07) is 0. The van der Waals surface area contributed by atoms with Crippen LogP contribution < -0.4 is 5.32 Å². The summed E-state index contributed by atoms with van der Waals surface area (Å²) in [6.07, 6.45) is 3.07. The van der Waals surface area contributed by atoms with Crippen LogP contribution in [0.1, 0.15) is 6.92 Å². The monoisotopic (exact) mass is 304 g/mol. The summed E-state index contributed by atoms with van der Waals surface area (Å²) in [6.45, 7) is 5.59. The van der Waals surface area contributed by atoms with Gasteiger partial charge in [-0.05, 0) is 6.54 Å². The summed E-state index contributed by atoms with van der Waals surface area (Å²) in [5, 5.41) is 7.30. The molecule has 0 aliphatic carbocycles. The van der Waals surface area contributed by atoms with Crippen LogP contribution in [-0.4, -0.2) is 60.2 Å². The minimum atomic E-state index is -3.36. The molecule has 0 spiro atoms. The molecule has 1 aromatic heterocycles. The predicted molar refractivity (Wildman–Crippen MR) is 76.9 cm³/mol. The Bertz CT molecular complexity index is 495. The van der Waals surface area contributed by atoms with Crippen molar-refractivity contribution >= 4 is 21.8 Å². The van der Waals surface area contributed by atoms with E-state index in [2.05, 4.69) is 10.4 Å². The van der Waals surface area contributed by atoms with Crippen molar-refractivity contribution in [3.05, 3.63) is 12.4 Å². The highest BCUT2D eigenvalue weighted by Gasteiger charge is 2.27. The number of hydrogen-bond donors (Lipinski definition) is 1. The fraction of sp³-hybridized carbons (Fsp3) is 0.727. The molecule has 0 atom stereocenters. The standard InChI is InChI=1S/C11H20N4O2S2/c1-2-12-3-4-14-10-11(9-13-14)19(16,17)15-5-7-18-8-6-15/h9-10,12H,2-8H2,1H3. The van der Waals surface area contributed by atoms with Gasteiger partial charge < -0.3 is 5.32 Å². The highest BCUT2D eigenvalue weighted by molar-refractivity contribution is 7.99. The van der Waals surface area contributed by atoms with E-state index in [4.69, 9.17) is 0 Å². The second-order valence-corrected chi connectivity index (χ2v) is 7.47. The Hall–Kier alpha value is -0.570.